The SMILES string of the molecule is Cl.NCCCN=c1ccc2c3c1c(O)c1c(O)ccc(=O)c1c3[nH]n2CCNCCO. The fourth-order valence-corrected chi connectivity index (χ4v) is 3.91. The molecule has 166 valence electrons. The number of H-pyrrole nitrogens is 1. The maximum Gasteiger partial charge on any atom is 0.189 e. The maximum atomic E-state index is 12.7. The van der Waals surface area contributed by atoms with Crippen molar-refractivity contribution in [2.45, 2.75) is 13.0 Å². The molecular formula is C21H26ClN5O4. The molecule has 0 saturated heterocycles. The van der Waals surface area contributed by atoms with Gasteiger partial charge >= 0.3 is 0 Å². The molecule has 0 aliphatic carbocycles. The highest BCUT2D eigenvalue weighted by Crippen LogP contribution is 2.41. The van der Waals surface area contributed by atoms with Gasteiger partial charge in [-0.1, -0.05) is 0 Å². The Balaban J connectivity index is 0.00000272. The molecular weight excluding hydrogens is 422 g/mol. The number of hydrogen-bond acceptors (Lipinski definition) is 7. The third-order valence-corrected chi connectivity index (χ3v) is 5.26. The van der Waals surface area contributed by atoms with Gasteiger partial charge in [-0.15, -0.1) is 12.4 Å². The van der Waals surface area contributed by atoms with Crippen LogP contribution in [0.1, 0.15) is 6.42 Å². The molecule has 0 aliphatic rings. The second-order valence-electron chi connectivity index (χ2n) is 7.17. The number of nitrogens with two attached hydrogens (primary N) is 1. The molecule has 0 amide bonds. The number of aromatic amines is 1. The van der Waals surface area contributed by atoms with E-state index in [1.807, 2.05) is 16.8 Å². The van der Waals surface area contributed by atoms with Gasteiger partial charge in [-0.05, 0) is 37.2 Å². The third kappa shape index (κ3) is 3.92. The summed E-state index contributed by atoms with van der Waals surface area (Å²) in [6.45, 7) is 2.71. The summed E-state index contributed by atoms with van der Waals surface area (Å²) in [5.41, 5.74) is 6.64. The molecule has 1 aromatic heterocycles. The van der Waals surface area contributed by atoms with Crippen LogP contribution in [0.25, 0.3) is 32.6 Å². The first-order valence-electron chi connectivity index (χ1n) is 9.96. The molecule has 0 radical (unpaired) electrons. The minimum Gasteiger partial charge on any atom is -0.507 e. The van der Waals surface area contributed by atoms with E-state index in [1.165, 1.54) is 12.1 Å². The molecule has 10 heteroatoms. The van der Waals surface area contributed by atoms with E-state index in [4.69, 9.17) is 10.8 Å². The van der Waals surface area contributed by atoms with Crippen molar-refractivity contribution in [3.63, 3.8) is 0 Å². The smallest absolute Gasteiger partial charge is 0.189 e. The topological polar surface area (TPSA) is 149 Å². The molecule has 4 rings (SSSR count). The summed E-state index contributed by atoms with van der Waals surface area (Å²) in [4.78, 5) is 17.3. The van der Waals surface area contributed by atoms with Crippen LogP contribution in [0.3, 0.4) is 0 Å². The van der Waals surface area contributed by atoms with E-state index >= 15 is 0 Å². The highest BCUT2D eigenvalue weighted by atomic mass is 35.5. The van der Waals surface area contributed by atoms with E-state index in [2.05, 4.69) is 15.4 Å². The minimum atomic E-state index is -0.292. The zero-order valence-electron chi connectivity index (χ0n) is 16.9. The summed E-state index contributed by atoms with van der Waals surface area (Å²) in [5.74, 6) is -0.322. The first-order chi connectivity index (χ1) is 14.6. The van der Waals surface area contributed by atoms with Crippen molar-refractivity contribution in [3.8, 4) is 11.5 Å². The largest absolute Gasteiger partial charge is 0.507 e. The number of nitrogens with one attached hydrogen (secondary N) is 2. The Morgan fingerprint density at radius 2 is 1.87 bits per heavy atom. The number of halogens is 1. The molecule has 7 N–H and O–H groups in total. The molecule has 0 spiro atoms. The molecule has 1 heterocycles. The fourth-order valence-electron chi connectivity index (χ4n) is 3.91. The summed E-state index contributed by atoms with van der Waals surface area (Å²) in [6.07, 6.45) is 0.710. The quantitative estimate of drug-likeness (QED) is 0.173. The molecule has 31 heavy (non-hydrogen) atoms. The number of aromatic nitrogens is 2. The molecule has 0 saturated carbocycles. The van der Waals surface area contributed by atoms with E-state index in [0.29, 0.717) is 60.8 Å². The second-order valence-corrected chi connectivity index (χ2v) is 7.17. The molecule has 0 atom stereocenters. The zero-order chi connectivity index (χ0) is 21.3. The number of nitrogens with zero attached hydrogens (tertiary/aromatic N) is 2. The van der Waals surface area contributed by atoms with Gasteiger partial charge in [0.25, 0.3) is 0 Å². The second kappa shape index (κ2) is 9.52. The average Bonchev–Trinajstić information content (AvgIpc) is 3.10. The normalized spacial score (nSPS) is 12.3. The first kappa shape index (κ1) is 22.8. The molecule has 4 aromatic rings. The number of aromatic hydroxyl groups is 2. The van der Waals surface area contributed by atoms with E-state index in [0.717, 1.165) is 5.52 Å². The van der Waals surface area contributed by atoms with Crippen LogP contribution < -0.4 is 21.8 Å². The molecule has 0 fully saturated rings. The Labute approximate surface area is 183 Å². The van der Waals surface area contributed by atoms with Crippen LogP contribution in [0.5, 0.6) is 11.5 Å². The third-order valence-electron chi connectivity index (χ3n) is 5.26. The van der Waals surface area contributed by atoms with E-state index in [9.17, 15) is 15.0 Å². The summed E-state index contributed by atoms with van der Waals surface area (Å²) in [6, 6.07) is 6.31. The Morgan fingerprint density at radius 1 is 1.06 bits per heavy atom. The van der Waals surface area contributed by atoms with Crippen LogP contribution in [0.2, 0.25) is 0 Å². The van der Waals surface area contributed by atoms with Crippen molar-refractivity contribution in [2.24, 2.45) is 10.7 Å². The standard InChI is InChI=1S/C21H25N5O4.ClH/c22-6-1-7-24-12-2-3-13-17-16(12)21(30)19-15(29)5-4-14(28)18(19)20(17)25-26(13)10-8-23-9-11-27;/h2-5,23,25,27,29-30H,1,6-11,22H2;1H. The predicted octanol–water partition coefficient (Wildman–Crippen LogP) is 0.738. The molecule has 0 bridgehead atoms. The number of fused-ring (bicyclic) bond motifs is 2. The lowest BCUT2D eigenvalue weighted by molar-refractivity contribution is 0.291. The number of aliphatic hydroxyl groups excluding tert-OH is 1. The minimum absolute atomic E-state index is 0. The van der Waals surface area contributed by atoms with Crippen molar-refractivity contribution in [1.82, 2.24) is 15.1 Å². The Morgan fingerprint density at radius 3 is 2.61 bits per heavy atom. The van der Waals surface area contributed by atoms with Gasteiger partial charge in [-0.2, -0.15) is 0 Å². The van der Waals surface area contributed by atoms with Gasteiger partial charge in [0.2, 0.25) is 0 Å². The Bertz CT molecular complexity index is 1330. The van der Waals surface area contributed by atoms with E-state index < -0.39 is 0 Å². The summed E-state index contributed by atoms with van der Waals surface area (Å²) in [7, 11) is 0. The molecule has 9 nitrogen and oxygen atoms in total. The zero-order valence-corrected chi connectivity index (χ0v) is 17.7. The number of phenols is 2. The first-order valence-corrected chi connectivity index (χ1v) is 9.96. The van der Waals surface area contributed by atoms with Gasteiger partial charge < -0.3 is 26.4 Å². The summed E-state index contributed by atoms with van der Waals surface area (Å²) < 4.78 is 1.88. The van der Waals surface area contributed by atoms with Crippen LogP contribution in [0.15, 0.2) is 34.1 Å². The number of phenolic OH excluding ortho intramolecular Hbond substituents is 2. The maximum absolute atomic E-state index is 12.7. The van der Waals surface area contributed by atoms with Crippen molar-refractivity contribution >= 4 is 45.0 Å². The van der Waals surface area contributed by atoms with Crippen LogP contribution in [-0.4, -0.2) is 57.9 Å². The Kier molecular flexibility index (Phi) is 7.01. The van der Waals surface area contributed by atoms with Gasteiger partial charge in [0.1, 0.15) is 11.5 Å². The lowest BCUT2D eigenvalue weighted by Gasteiger charge is -2.09. The molecule has 3 aromatic carbocycles. The molecule has 0 unspecified atom stereocenters. The van der Waals surface area contributed by atoms with E-state index in [-0.39, 0.29) is 46.7 Å². The lowest BCUT2D eigenvalue weighted by Crippen LogP contribution is -2.23. The number of hydrogen-bond donors (Lipinski definition) is 6. The molecule has 0 aliphatic heterocycles. The summed E-state index contributed by atoms with van der Waals surface area (Å²) >= 11 is 0. The van der Waals surface area contributed by atoms with Gasteiger partial charge in [0, 0.05) is 25.0 Å². The Hall–Kier alpha value is -2.85. The van der Waals surface area contributed by atoms with Crippen LogP contribution in [0, 0.1) is 0 Å². The average molecular weight is 448 g/mol. The van der Waals surface area contributed by atoms with Gasteiger partial charge in [-0.3, -0.25) is 19.6 Å². The predicted molar refractivity (Wildman–Crippen MR) is 123 cm³/mol. The van der Waals surface area contributed by atoms with Gasteiger partial charge in [0.05, 0.1) is 45.7 Å². The van der Waals surface area contributed by atoms with Crippen molar-refractivity contribution in [1.29, 1.82) is 0 Å². The highest BCUT2D eigenvalue weighted by molar-refractivity contribution is 6.23. The summed E-state index contributed by atoms with van der Waals surface area (Å²) in [5, 5.41) is 39.0. The number of benzene rings is 3. The van der Waals surface area contributed by atoms with Crippen molar-refractivity contribution < 1.29 is 15.3 Å². The number of rotatable bonds is 8. The fraction of sp³-hybridized carbons (Fsp3) is 0.333. The van der Waals surface area contributed by atoms with Crippen molar-refractivity contribution in [2.75, 3.05) is 32.8 Å². The van der Waals surface area contributed by atoms with Crippen LogP contribution in [-0.2, 0) is 6.54 Å². The monoisotopic (exact) mass is 447 g/mol. The number of aliphatic hydroxyl groups is 1. The van der Waals surface area contributed by atoms with Crippen molar-refractivity contribution in [3.05, 3.63) is 39.8 Å². The van der Waals surface area contributed by atoms with Crippen LogP contribution in [0.4, 0.5) is 0 Å². The van der Waals surface area contributed by atoms with Crippen LogP contribution >= 0.6 is 12.4 Å². The lowest BCUT2D eigenvalue weighted by atomic mass is 9.99. The highest BCUT2D eigenvalue weighted by Gasteiger charge is 2.21. The van der Waals surface area contributed by atoms with Gasteiger partial charge in [-0.25, -0.2) is 0 Å². The van der Waals surface area contributed by atoms with E-state index in [1.54, 1.807) is 0 Å². The van der Waals surface area contributed by atoms with Gasteiger partial charge in [0.15, 0.2) is 5.43 Å².